The van der Waals surface area contributed by atoms with Crippen LogP contribution in [0.1, 0.15) is 26.7 Å². The first-order chi connectivity index (χ1) is 7.95. The number of nitrogens with zero attached hydrogens (tertiary/aromatic N) is 1. The van der Waals surface area contributed by atoms with Crippen molar-refractivity contribution in [2.75, 3.05) is 20.3 Å². The highest BCUT2D eigenvalue weighted by Gasteiger charge is 2.31. The number of carbonyl (C=O) groups is 1. The van der Waals surface area contributed by atoms with Crippen molar-refractivity contribution < 1.29 is 9.53 Å². The summed E-state index contributed by atoms with van der Waals surface area (Å²) in [6.07, 6.45) is 1.79. The predicted molar refractivity (Wildman–Crippen MR) is 71.7 cm³/mol. The van der Waals surface area contributed by atoms with Gasteiger partial charge in [0.1, 0.15) is 0 Å². The summed E-state index contributed by atoms with van der Waals surface area (Å²) in [4.78, 5) is 14.4. The highest BCUT2D eigenvalue weighted by atomic mass is 32.1. The molecule has 0 saturated carbocycles. The standard InChI is InChI=1S/C12H22N2O2S/c1-8(2)10(11(13)17)12(15)14(3)9-4-6-16-7-5-9/h8-10H,4-7H2,1-3H3,(H2,13,17). The maximum Gasteiger partial charge on any atom is 0.232 e. The number of nitrogens with two attached hydrogens (primary N) is 1. The Hall–Kier alpha value is -0.680. The fourth-order valence-electron chi connectivity index (χ4n) is 2.21. The number of ether oxygens (including phenoxy) is 1. The first-order valence-corrected chi connectivity index (χ1v) is 6.49. The van der Waals surface area contributed by atoms with Gasteiger partial charge in [-0.15, -0.1) is 0 Å². The van der Waals surface area contributed by atoms with Crippen LogP contribution in [0.3, 0.4) is 0 Å². The second-order valence-electron chi connectivity index (χ2n) is 4.92. The molecule has 2 N–H and O–H groups in total. The van der Waals surface area contributed by atoms with Gasteiger partial charge in [-0.05, 0) is 18.8 Å². The van der Waals surface area contributed by atoms with Gasteiger partial charge in [0.05, 0.1) is 10.9 Å². The van der Waals surface area contributed by atoms with E-state index in [1.807, 2.05) is 20.9 Å². The van der Waals surface area contributed by atoms with E-state index >= 15 is 0 Å². The Morgan fingerprint density at radius 1 is 1.41 bits per heavy atom. The molecule has 0 bridgehead atoms. The van der Waals surface area contributed by atoms with E-state index < -0.39 is 0 Å². The summed E-state index contributed by atoms with van der Waals surface area (Å²) >= 11 is 5.00. The summed E-state index contributed by atoms with van der Waals surface area (Å²) in [5.74, 6) is -0.167. The average molecular weight is 258 g/mol. The van der Waals surface area contributed by atoms with Crippen LogP contribution in [0.4, 0.5) is 0 Å². The van der Waals surface area contributed by atoms with Gasteiger partial charge in [-0.1, -0.05) is 26.1 Å². The third-order valence-corrected chi connectivity index (χ3v) is 3.58. The summed E-state index contributed by atoms with van der Waals surface area (Å²) in [5.41, 5.74) is 5.67. The van der Waals surface area contributed by atoms with Gasteiger partial charge >= 0.3 is 0 Å². The average Bonchev–Trinajstić information content (AvgIpc) is 2.28. The van der Waals surface area contributed by atoms with E-state index in [9.17, 15) is 4.79 Å². The molecule has 98 valence electrons. The lowest BCUT2D eigenvalue weighted by Crippen LogP contribution is -2.47. The molecule has 0 aromatic heterocycles. The van der Waals surface area contributed by atoms with Crippen molar-refractivity contribution in [2.45, 2.75) is 32.7 Å². The number of hydrogen-bond donors (Lipinski definition) is 1. The monoisotopic (exact) mass is 258 g/mol. The molecule has 17 heavy (non-hydrogen) atoms. The molecular formula is C12H22N2O2S. The van der Waals surface area contributed by atoms with Crippen LogP contribution in [0.15, 0.2) is 0 Å². The number of hydrogen-bond acceptors (Lipinski definition) is 3. The molecule has 0 aromatic rings. The number of rotatable bonds is 4. The smallest absolute Gasteiger partial charge is 0.232 e. The molecule has 1 fully saturated rings. The Morgan fingerprint density at radius 2 is 1.94 bits per heavy atom. The molecule has 4 nitrogen and oxygen atoms in total. The van der Waals surface area contributed by atoms with Crippen LogP contribution in [-0.2, 0) is 9.53 Å². The molecule has 1 aliphatic rings. The van der Waals surface area contributed by atoms with Crippen molar-refractivity contribution in [2.24, 2.45) is 17.6 Å². The molecule has 1 amide bonds. The lowest BCUT2D eigenvalue weighted by molar-refractivity contribution is -0.136. The Balaban J connectivity index is 2.69. The molecule has 0 aliphatic carbocycles. The Bertz CT molecular complexity index is 288. The molecule has 0 radical (unpaired) electrons. The Kier molecular flexibility index (Phi) is 5.33. The Labute approximate surface area is 108 Å². The van der Waals surface area contributed by atoms with Gasteiger partial charge in [-0.25, -0.2) is 0 Å². The molecule has 1 saturated heterocycles. The van der Waals surface area contributed by atoms with Crippen LogP contribution < -0.4 is 5.73 Å². The summed E-state index contributed by atoms with van der Waals surface area (Å²) in [6.45, 7) is 5.39. The predicted octanol–water partition coefficient (Wildman–Crippen LogP) is 1.18. The van der Waals surface area contributed by atoms with Gasteiger partial charge in [0.25, 0.3) is 0 Å². The lowest BCUT2D eigenvalue weighted by atomic mass is 9.93. The van der Waals surface area contributed by atoms with Crippen LogP contribution in [0.2, 0.25) is 0 Å². The van der Waals surface area contributed by atoms with Gasteiger partial charge in [-0.2, -0.15) is 0 Å². The zero-order chi connectivity index (χ0) is 13.0. The lowest BCUT2D eigenvalue weighted by Gasteiger charge is -2.34. The summed E-state index contributed by atoms with van der Waals surface area (Å²) < 4.78 is 5.30. The fourth-order valence-corrected chi connectivity index (χ4v) is 2.58. The minimum Gasteiger partial charge on any atom is -0.393 e. The highest BCUT2D eigenvalue weighted by molar-refractivity contribution is 7.80. The second kappa shape index (κ2) is 6.31. The summed E-state index contributed by atoms with van der Waals surface area (Å²) in [5, 5.41) is 0. The molecule has 1 aliphatic heterocycles. The minimum atomic E-state index is -0.349. The van der Waals surface area contributed by atoms with Crippen molar-refractivity contribution in [3.8, 4) is 0 Å². The highest BCUT2D eigenvalue weighted by Crippen LogP contribution is 2.19. The Morgan fingerprint density at radius 3 is 2.35 bits per heavy atom. The largest absolute Gasteiger partial charge is 0.393 e. The van der Waals surface area contributed by atoms with E-state index in [4.69, 9.17) is 22.7 Å². The zero-order valence-electron chi connectivity index (χ0n) is 10.8. The van der Waals surface area contributed by atoms with Crippen LogP contribution in [0, 0.1) is 11.8 Å². The van der Waals surface area contributed by atoms with Gasteiger partial charge in [-0.3, -0.25) is 4.79 Å². The van der Waals surface area contributed by atoms with Crippen molar-refractivity contribution in [1.82, 2.24) is 4.90 Å². The number of thiocarbonyl (C=S) groups is 1. The first kappa shape index (κ1) is 14.4. The molecule has 0 aromatic carbocycles. The van der Waals surface area contributed by atoms with Crippen molar-refractivity contribution in [3.63, 3.8) is 0 Å². The van der Waals surface area contributed by atoms with Crippen LogP contribution in [0.25, 0.3) is 0 Å². The SMILES string of the molecule is CC(C)C(C(=O)N(C)C1CCOCC1)C(N)=S. The maximum absolute atomic E-state index is 12.3. The first-order valence-electron chi connectivity index (χ1n) is 6.09. The van der Waals surface area contributed by atoms with Crippen LogP contribution in [0.5, 0.6) is 0 Å². The maximum atomic E-state index is 12.3. The topological polar surface area (TPSA) is 55.6 Å². The molecule has 1 heterocycles. The summed E-state index contributed by atoms with van der Waals surface area (Å²) in [7, 11) is 1.84. The van der Waals surface area contributed by atoms with Crippen LogP contribution >= 0.6 is 12.2 Å². The van der Waals surface area contributed by atoms with Gasteiger partial charge in [0, 0.05) is 26.3 Å². The van der Waals surface area contributed by atoms with Gasteiger partial charge in [0.15, 0.2) is 0 Å². The van der Waals surface area contributed by atoms with E-state index in [1.54, 1.807) is 4.90 Å². The summed E-state index contributed by atoms with van der Waals surface area (Å²) in [6, 6.07) is 0.256. The number of amides is 1. The van der Waals surface area contributed by atoms with Crippen molar-refractivity contribution in [1.29, 1.82) is 0 Å². The fraction of sp³-hybridized carbons (Fsp3) is 0.833. The minimum absolute atomic E-state index is 0.0411. The third kappa shape index (κ3) is 3.64. The molecule has 1 unspecified atom stereocenters. The van der Waals surface area contributed by atoms with E-state index in [-0.39, 0.29) is 23.8 Å². The van der Waals surface area contributed by atoms with Gasteiger partial charge < -0.3 is 15.4 Å². The molecule has 1 atom stereocenters. The third-order valence-electron chi connectivity index (χ3n) is 3.33. The van der Waals surface area contributed by atoms with Gasteiger partial charge in [0.2, 0.25) is 5.91 Å². The normalized spacial score (nSPS) is 19.1. The van der Waals surface area contributed by atoms with Crippen molar-refractivity contribution in [3.05, 3.63) is 0 Å². The zero-order valence-corrected chi connectivity index (χ0v) is 11.6. The molecular weight excluding hydrogens is 236 g/mol. The molecule has 5 heteroatoms. The van der Waals surface area contributed by atoms with E-state index in [2.05, 4.69) is 0 Å². The quantitative estimate of drug-likeness (QED) is 0.769. The van der Waals surface area contributed by atoms with E-state index in [0.717, 1.165) is 26.1 Å². The molecule has 0 spiro atoms. The van der Waals surface area contributed by atoms with Crippen LogP contribution in [-0.4, -0.2) is 42.1 Å². The van der Waals surface area contributed by atoms with E-state index in [1.165, 1.54) is 0 Å². The van der Waals surface area contributed by atoms with Crippen molar-refractivity contribution >= 4 is 23.1 Å². The second-order valence-corrected chi connectivity index (χ2v) is 5.39. The molecule has 1 rings (SSSR count). The van der Waals surface area contributed by atoms with E-state index in [0.29, 0.717) is 4.99 Å². The number of carbonyl (C=O) groups excluding carboxylic acids is 1.